The first-order chi connectivity index (χ1) is 10.2. The molecule has 0 aliphatic heterocycles. The van der Waals surface area contributed by atoms with Crippen molar-refractivity contribution in [3.63, 3.8) is 0 Å². The number of nitrogens with one attached hydrogen (secondary N) is 2. The molecule has 2 fully saturated rings. The summed E-state index contributed by atoms with van der Waals surface area (Å²) in [6, 6.07) is 0.131. The Kier molecular flexibility index (Phi) is 4.60. The first kappa shape index (κ1) is 15.0. The molecule has 2 aliphatic carbocycles. The first-order valence-electron chi connectivity index (χ1n) is 8.12. The van der Waals surface area contributed by atoms with Crippen LogP contribution in [0.15, 0.2) is 5.51 Å². The average Bonchev–Trinajstić information content (AvgIpc) is 3.05. The Bertz CT molecular complexity index is 501. The predicted molar refractivity (Wildman–Crippen MR) is 85.3 cm³/mol. The summed E-state index contributed by atoms with van der Waals surface area (Å²) in [7, 11) is 1.86. The zero-order valence-electron chi connectivity index (χ0n) is 12.9. The zero-order valence-corrected chi connectivity index (χ0v) is 13.7. The van der Waals surface area contributed by atoms with Gasteiger partial charge in [0, 0.05) is 6.04 Å². The van der Waals surface area contributed by atoms with E-state index in [-0.39, 0.29) is 11.9 Å². The van der Waals surface area contributed by atoms with Gasteiger partial charge in [-0.2, -0.15) is 0 Å². The molecule has 1 amide bonds. The molecule has 5 heteroatoms. The van der Waals surface area contributed by atoms with Crippen LogP contribution in [0.1, 0.15) is 55.6 Å². The predicted octanol–water partition coefficient (Wildman–Crippen LogP) is 2.66. The second-order valence-corrected chi connectivity index (χ2v) is 7.27. The minimum atomic E-state index is -0.257. The maximum absolute atomic E-state index is 12.7. The monoisotopic (exact) mass is 307 g/mol. The lowest BCUT2D eigenvalue weighted by atomic mass is 9.89. The van der Waals surface area contributed by atoms with Gasteiger partial charge in [0.15, 0.2) is 0 Å². The number of aryl methyl sites for hydroxylation is 1. The highest BCUT2D eigenvalue weighted by Gasteiger charge is 2.38. The van der Waals surface area contributed by atoms with Crippen LogP contribution in [-0.4, -0.2) is 24.0 Å². The summed E-state index contributed by atoms with van der Waals surface area (Å²) >= 11 is 1.58. The van der Waals surface area contributed by atoms with Gasteiger partial charge in [-0.05, 0) is 44.6 Å². The van der Waals surface area contributed by atoms with Crippen LogP contribution in [0.5, 0.6) is 0 Å². The van der Waals surface area contributed by atoms with E-state index in [1.807, 2.05) is 12.6 Å². The molecule has 4 atom stereocenters. The Hall–Kier alpha value is -0.940. The van der Waals surface area contributed by atoms with E-state index in [1.165, 1.54) is 32.1 Å². The summed E-state index contributed by atoms with van der Waals surface area (Å²) < 4.78 is 0. The molecule has 2 aliphatic rings. The van der Waals surface area contributed by atoms with Crippen molar-refractivity contribution in [3.8, 4) is 0 Å². The Morgan fingerprint density at radius 3 is 3.05 bits per heavy atom. The summed E-state index contributed by atoms with van der Waals surface area (Å²) in [5.74, 6) is 1.67. The molecule has 4 unspecified atom stereocenters. The fraction of sp³-hybridized carbons (Fsp3) is 0.750. The average molecular weight is 307 g/mol. The van der Waals surface area contributed by atoms with Gasteiger partial charge in [0.2, 0.25) is 5.91 Å². The van der Waals surface area contributed by atoms with Crippen molar-refractivity contribution >= 4 is 17.2 Å². The topological polar surface area (TPSA) is 54.0 Å². The number of hydrogen-bond acceptors (Lipinski definition) is 4. The Balaban J connectivity index is 1.68. The van der Waals surface area contributed by atoms with E-state index < -0.39 is 0 Å². The highest BCUT2D eigenvalue weighted by atomic mass is 32.1. The molecular formula is C16H25N3OS. The molecule has 0 radical (unpaired) electrons. The quantitative estimate of drug-likeness (QED) is 0.879. The van der Waals surface area contributed by atoms with Crippen molar-refractivity contribution < 1.29 is 4.79 Å². The first-order valence-corrected chi connectivity index (χ1v) is 9.00. The van der Waals surface area contributed by atoms with Gasteiger partial charge < -0.3 is 10.6 Å². The highest BCUT2D eigenvalue weighted by Crippen LogP contribution is 2.42. The third-order valence-electron chi connectivity index (χ3n) is 5.13. The van der Waals surface area contributed by atoms with Crippen molar-refractivity contribution in [2.75, 3.05) is 7.05 Å². The molecule has 1 aromatic heterocycles. The van der Waals surface area contributed by atoms with E-state index in [0.717, 1.165) is 22.9 Å². The molecule has 21 heavy (non-hydrogen) atoms. The molecule has 0 aromatic carbocycles. The standard InChI is InChI=1S/C16H25N3OS/c1-3-12-15(21-9-18-12)14(17-2)16(20)19-13-8-10-5-4-6-11(13)7-10/h9-11,13-14,17H,3-8H2,1-2H3,(H,19,20). The number of nitrogens with zero attached hydrogens (tertiary/aromatic N) is 1. The van der Waals surface area contributed by atoms with Gasteiger partial charge in [0.05, 0.1) is 16.1 Å². The Labute approximate surface area is 130 Å². The van der Waals surface area contributed by atoms with Crippen LogP contribution < -0.4 is 10.6 Å². The van der Waals surface area contributed by atoms with Crippen molar-refractivity contribution in [2.45, 2.75) is 57.5 Å². The van der Waals surface area contributed by atoms with E-state index >= 15 is 0 Å². The van der Waals surface area contributed by atoms with E-state index in [4.69, 9.17) is 0 Å². The highest BCUT2D eigenvalue weighted by molar-refractivity contribution is 7.10. The lowest BCUT2D eigenvalue weighted by Crippen LogP contribution is -2.43. The normalized spacial score (nSPS) is 29.3. The maximum Gasteiger partial charge on any atom is 0.242 e. The number of carbonyl (C=O) groups is 1. The van der Waals surface area contributed by atoms with Crippen molar-refractivity contribution in [2.24, 2.45) is 11.8 Å². The number of amides is 1. The number of thiazole rings is 1. The van der Waals surface area contributed by atoms with Gasteiger partial charge in [-0.25, -0.2) is 4.98 Å². The lowest BCUT2D eigenvalue weighted by molar-refractivity contribution is -0.124. The van der Waals surface area contributed by atoms with E-state index in [2.05, 4.69) is 22.5 Å². The van der Waals surface area contributed by atoms with Crippen molar-refractivity contribution in [3.05, 3.63) is 16.1 Å². The van der Waals surface area contributed by atoms with Gasteiger partial charge in [-0.15, -0.1) is 11.3 Å². The molecule has 1 heterocycles. The molecule has 0 saturated heterocycles. The fourth-order valence-corrected chi connectivity index (χ4v) is 5.05. The largest absolute Gasteiger partial charge is 0.351 e. The fourth-order valence-electron chi connectivity index (χ4n) is 4.07. The molecule has 4 nitrogen and oxygen atoms in total. The van der Waals surface area contributed by atoms with E-state index in [0.29, 0.717) is 12.0 Å². The van der Waals surface area contributed by atoms with E-state index in [1.54, 1.807) is 11.3 Å². The maximum atomic E-state index is 12.7. The lowest BCUT2D eigenvalue weighted by Gasteiger charge is -2.24. The number of rotatable bonds is 5. The summed E-state index contributed by atoms with van der Waals surface area (Å²) in [6.45, 7) is 2.09. The van der Waals surface area contributed by atoms with Crippen LogP contribution in [-0.2, 0) is 11.2 Å². The second kappa shape index (κ2) is 6.44. The second-order valence-electron chi connectivity index (χ2n) is 6.38. The van der Waals surface area contributed by atoms with E-state index in [9.17, 15) is 4.79 Å². The number of likely N-dealkylation sites (N-methyl/N-ethyl adjacent to an activating group) is 1. The minimum absolute atomic E-state index is 0.119. The Morgan fingerprint density at radius 1 is 1.48 bits per heavy atom. The smallest absolute Gasteiger partial charge is 0.242 e. The van der Waals surface area contributed by atoms with Crippen LogP contribution >= 0.6 is 11.3 Å². The van der Waals surface area contributed by atoms with Gasteiger partial charge in [0.25, 0.3) is 0 Å². The number of hydrogen-bond donors (Lipinski definition) is 2. The summed E-state index contributed by atoms with van der Waals surface area (Å²) in [5.41, 5.74) is 2.88. The van der Waals surface area contributed by atoms with Crippen molar-refractivity contribution in [1.29, 1.82) is 0 Å². The van der Waals surface area contributed by atoms with Crippen LogP contribution in [0.2, 0.25) is 0 Å². The molecule has 2 bridgehead atoms. The molecule has 3 rings (SSSR count). The number of carbonyl (C=O) groups excluding carboxylic acids is 1. The van der Waals surface area contributed by atoms with Gasteiger partial charge in [-0.1, -0.05) is 19.8 Å². The third kappa shape index (κ3) is 2.99. The number of fused-ring (bicyclic) bond motifs is 2. The summed E-state index contributed by atoms with van der Waals surface area (Å²) in [6.07, 6.45) is 7.34. The number of aromatic nitrogens is 1. The molecule has 0 spiro atoms. The molecule has 1 aromatic rings. The van der Waals surface area contributed by atoms with Crippen LogP contribution in [0.25, 0.3) is 0 Å². The molecule has 2 N–H and O–H groups in total. The Morgan fingerprint density at radius 2 is 2.33 bits per heavy atom. The van der Waals surface area contributed by atoms with Crippen LogP contribution in [0, 0.1) is 11.8 Å². The molecule has 2 saturated carbocycles. The van der Waals surface area contributed by atoms with Gasteiger partial charge >= 0.3 is 0 Å². The summed E-state index contributed by atoms with van der Waals surface area (Å²) in [4.78, 5) is 18.1. The minimum Gasteiger partial charge on any atom is -0.351 e. The van der Waals surface area contributed by atoms with Crippen LogP contribution in [0.4, 0.5) is 0 Å². The van der Waals surface area contributed by atoms with Crippen molar-refractivity contribution in [1.82, 2.24) is 15.6 Å². The summed E-state index contributed by atoms with van der Waals surface area (Å²) in [5, 5.41) is 6.49. The zero-order chi connectivity index (χ0) is 14.8. The SMILES string of the molecule is CCc1ncsc1C(NC)C(=O)NC1CC2CCCC1C2. The molecule has 116 valence electrons. The van der Waals surface area contributed by atoms with Gasteiger partial charge in [-0.3, -0.25) is 4.79 Å². The third-order valence-corrected chi connectivity index (χ3v) is 6.06. The van der Waals surface area contributed by atoms with Crippen LogP contribution in [0.3, 0.4) is 0 Å². The molecular weight excluding hydrogens is 282 g/mol. The van der Waals surface area contributed by atoms with Gasteiger partial charge in [0.1, 0.15) is 6.04 Å².